The predicted molar refractivity (Wildman–Crippen MR) is 189 cm³/mol. The number of benzene rings is 3. The van der Waals surface area contributed by atoms with E-state index in [0.717, 1.165) is 17.8 Å². The summed E-state index contributed by atoms with van der Waals surface area (Å²) in [5.74, 6) is 1.69. The van der Waals surface area contributed by atoms with Gasteiger partial charge in [-0.05, 0) is 99.5 Å². The average molecular weight is 655 g/mol. The van der Waals surface area contributed by atoms with Gasteiger partial charge in [0.15, 0.2) is 0 Å². The van der Waals surface area contributed by atoms with Crippen LogP contribution in [0.1, 0.15) is 33.3 Å². The highest BCUT2D eigenvalue weighted by atomic mass is 16.5. The monoisotopic (exact) mass is 654 g/mol. The molecule has 3 aromatic carbocycles. The third-order valence-electron chi connectivity index (χ3n) is 5.81. The fraction of sp³-hybridized carbons (Fsp3) is 0.179. The molecule has 0 aliphatic carbocycles. The summed E-state index contributed by atoms with van der Waals surface area (Å²) in [4.78, 5) is 44.3. The van der Waals surface area contributed by atoms with E-state index >= 15 is 0 Å². The molecule has 9 heteroatoms. The zero-order valence-electron chi connectivity index (χ0n) is 28.2. The van der Waals surface area contributed by atoms with Crippen molar-refractivity contribution < 1.29 is 42.9 Å². The molecule has 3 rings (SSSR count). The van der Waals surface area contributed by atoms with Crippen LogP contribution in [0.5, 0.6) is 28.7 Å². The zero-order valence-corrected chi connectivity index (χ0v) is 28.2. The van der Waals surface area contributed by atoms with Crippen LogP contribution in [-0.2, 0) is 19.2 Å². The first-order chi connectivity index (χ1) is 22.9. The van der Waals surface area contributed by atoms with Crippen LogP contribution in [0.3, 0.4) is 0 Å². The second-order valence-corrected chi connectivity index (χ2v) is 9.97. The van der Waals surface area contributed by atoms with E-state index in [0.29, 0.717) is 46.7 Å². The van der Waals surface area contributed by atoms with E-state index in [1.165, 1.54) is 6.08 Å². The molecule has 0 aromatic heterocycles. The van der Waals surface area contributed by atoms with Crippen molar-refractivity contribution in [1.82, 2.24) is 0 Å². The van der Waals surface area contributed by atoms with Crippen molar-refractivity contribution in [2.45, 2.75) is 27.7 Å². The molecule has 9 nitrogen and oxygen atoms in total. The molecule has 0 amide bonds. The lowest BCUT2D eigenvalue weighted by molar-refractivity contribution is -0.130. The molecule has 0 aliphatic rings. The second kappa shape index (κ2) is 21.7. The lowest BCUT2D eigenvalue weighted by Crippen LogP contribution is -2.10. The molecular formula is C39H42O9. The van der Waals surface area contributed by atoms with Crippen LogP contribution in [0.25, 0.3) is 17.2 Å². The van der Waals surface area contributed by atoms with Crippen LogP contribution in [0.15, 0.2) is 115 Å². The maximum absolute atomic E-state index is 12.3. The number of rotatable bonds is 13. The molecule has 0 saturated carbocycles. The van der Waals surface area contributed by atoms with Crippen molar-refractivity contribution >= 4 is 30.6 Å². The molecule has 0 aliphatic heterocycles. The van der Waals surface area contributed by atoms with Gasteiger partial charge in [0.1, 0.15) is 47.9 Å². The molecule has 0 heterocycles. The van der Waals surface area contributed by atoms with Crippen molar-refractivity contribution in [1.29, 1.82) is 0 Å². The first kappa shape index (κ1) is 40.1. The Bertz CT molecular complexity index is 1600. The highest BCUT2D eigenvalue weighted by Crippen LogP contribution is 2.38. The fourth-order valence-electron chi connectivity index (χ4n) is 3.31. The summed E-state index contributed by atoms with van der Waals surface area (Å²) in [6.07, 6.45) is 7.96. The Morgan fingerprint density at radius 1 is 0.729 bits per heavy atom. The molecule has 0 spiro atoms. The minimum atomic E-state index is -0.587. The quantitative estimate of drug-likeness (QED) is 0.0595. The average Bonchev–Trinajstić information content (AvgIpc) is 3.08. The minimum Gasteiger partial charge on any atom is -0.497 e. The van der Waals surface area contributed by atoms with Gasteiger partial charge in [-0.2, -0.15) is 0 Å². The third-order valence-corrected chi connectivity index (χ3v) is 5.81. The number of hydrogen-bond donors (Lipinski definition) is 0. The molecule has 3 aromatic rings. The predicted octanol–water partition coefficient (Wildman–Crippen LogP) is 7.95. The Kier molecular flexibility index (Phi) is 18.1. The molecule has 0 bridgehead atoms. The first-order valence-corrected chi connectivity index (χ1v) is 14.6. The molecule has 0 saturated heterocycles. The number of hydrogen-bond acceptors (Lipinski definition) is 9. The Balaban J connectivity index is 0.000000629. The van der Waals surface area contributed by atoms with E-state index in [1.54, 1.807) is 77.5 Å². The number of esters is 2. The van der Waals surface area contributed by atoms with Gasteiger partial charge in [0.05, 0.1) is 14.2 Å². The number of ether oxygens (including phenoxy) is 5. The van der Waals surface area contributed by atoms with Crippen molar-refractivity contribution in [3.63, 3.8) is 0 Å². The molecule has 0 atom stereocenters. The maximum atomic E-state index is 12.3. The van der Waals surface area contributed by atoms with Crippen LogP contribution >= 0.6 is 0 Å². The van der Waals surface area contributed by atoms with Gasteiger partial charge in [-0.1, -0.05) is 44.0 Å². The van der Waals surface area contributed by atoms with E-state index < -0.39 is 11.9 Å². The topological polar surface area (TPSA) is 114 Å². The van der Waals surface area contributed by atoms with E-state index in [9.17, 15) is 19.2 Å². The molecule has 48 heavy (non-hydrogen) atoms. The molecule has 0 N–H and O–H groups in total. The van der Waals surface area contributed by atoms with Crippen LogP contribution in [-0.4, -0.2) is 45.3 Å². The van der Waals surface area contributed by atoms with Gasteiger partial charge in [0.25, 0.3) is 0 Å². The fourth-order valence-corrected chi connectivity index (χ4v) is 3.31. The largest absolute Gasteiger partial charge is 0.497 e. The number of carbonyl (C=O) groups is 4. The van der Waals surface area contributed by atoms with E-state index in [2.05, 4.69) is 19.7 Å². The van der Waals surface area contributed by atoms with Crippen LogP contribution < -0.4 is 23.7 Å². The number of methoxy groups -OCH3 is 2. The summed E-state index contributed by atoms with van der Waals surface area (Å²) < 4.78 is 26.6. The van der Waals surface area contributed by atoms with Gasteiger partial charge >= 0.3 is 11.9 Å². The van der Waals surface area contributed by atoms with Gasteiger partial charge in [-0.3, -0.25) is 9.59 Å². The number of carbonyl (C=O) groups excluding carboxylic acids is 4. The van der Waals surface area contributed by atoms with Crippen LogP contribution in [0.2, 0.25) is 0 Å². The van der Waals surface area contributed by atoms with E-state index in [-0.39, 0.29) is 16.9 Å². The maximum Gasteiger partial charge on any atom is 0.338 e. The van der Waals surface area contributed by atoms with Crippen molar-refractivity contribution in [2.75, 3.05) is 20.8 Å². The Labute approximate surface area is 282 Å². The van der Waals surface area contributed by atoms with E-state index in [4.69, 9.17) is 23.7 Å². The van der Waals surface area contributed by atoms with Gasteiger partial charge in [-0.15, -0.1) is 0 Å². The summed E-state index contributed by atoms with van der Waals surface area (Å²) in [5.41, 5.74) is 2.92. The number of aldehydes is 2. The lowest BCUT2D eigenvalue weighted by atomic mass is 10.0. The summed E-state index contributed by atoms with van der Waals surface area (Å²) in [6.45, 7) is 17.5. The molecule has 0 radical (unpaired) electrons. The SMILES string of the molecule is C=C(C)C(=O)Oc1ccc(-c2cc(OC/C=C/C)c(/C=C/C=O)cc2OC(=O)C(=C)C)cc1.C=C(C)C=O.COc1ccc(OC)cc1. The van der Waals surface area contributed by atoms with Crippen LogP contribution in [0, 0.1) is 0 Å². The van der Waals surface area contributed by atoms with Crippen LogP contribution in [0.4, 0.5) is 0 Å². The normalized spacial score (nSPS) is 9.96. The second-order valence-electron chi connectivity index (χ2n) is 9.97. The molecule has 252 valence electrons. The van der Waals surface area contributed by atoms with Crippen molar-refractivity contribution in [2.24, 2.45) is 0 Å². The van der Waals surface area contributed by atoms with Gasteiger partial charge in [0.2, 0.25) is 0 Å². The number of allylic oxidation sites excluding steroid dienone is 3. The first-order valence-electron chi connectivity index (χ1n) is 14.6. The Morgan fingerprint density at radius 2 is 1.23 bits per heavy atom. The van der Waals surface area contributed by atoms with Crippen molar-refractivity contribution in [3.05, 3.63) is 121 Å². The highest BCUT2D eigenvalue weighted by molar-refractivity contribution is 5.91. The third kappa shape index (κ3) is 14.4. The lowest BCUT2D eigenvalue weighted by Gasteiger charge is -2.16. The molecular weight excluding hydrogens is 612 g/mol. The molecule has 0 unspecified atom stereocenters. The summed E-state index contributed by atoms with van der Waals surface area (Å²) in [5, 5.41) is 0. The molecule has 0 fully saturated rings. The van der Waals surface area contributed by atoms with E-state index in [1.807, 2.05) is 43.3 Å². The summed E-state index contributed by atoms with van der Waals surface area (Å²) in [7, 11) is 3.28. The zero-order chi connectivity index (χ0) is 36.1. The standard InChI is InChI=1S/C27H26O6.C8H10O2.C4H6O/c1-6-7-15-31-24-17-23(20-10-12-22(13-11-20)32-26(29)18(2)3)25(33-27(30)19(4)5)16-21(24)9-8-14-28;1-9-7-3-5-8(10-2)6-4-7;1-4(2)3-5/h6-14,16-17H,2,4,15H2,1,3,5H3;3-6H,1-2H3;3H,1H2,2H3/b7-6+,9-8+;;. The summed E-state index contributed by atoms with van der Waals surface area (Å²) in [6, 6.07) is 17.5. The van der Waals surface area contributed by atoms with Gasteiger partial charge in [-0.25, -0.2) is 9.59 Å². The smallest absolute Gasteiger partial charge is 0.338 e. The van der Waals surface area contributed by atoms with Gasteiger partial charge in [0, 0.05) is 22.3 Å². The Morgan fingerprint density at radius 3 is 1.67 bits per heavy atom. The minimum absolute atomic E-state index is 0.237. The van der Waals surface area contributed by atoms with Gasteiger partial charge < -0.3 is 23.7 Å². The Hall–Kier alpha value is -5.96. The highest BCUT2D eigenvalue weighted by Gasteiger charge is 2.17. The van der Waals surface area contributed by atoms with Crippen molar-refractivity contribution in [3.8, 4) is 39.9 Å². The summed E-state index contributed by atoms with van der Waals surface area (Å²) >= 11 is 0.